The summed E-state index contributed by atoms with van der Waals surface area (Å²) < 4.78 is 0. The third-order valence-corrected chi connectivity index (χ3v) is 4.40. The smallest absolute Gasteiger partial charge is 0.131 e. The molecule has 0 amide bonds. The topological polar surface area (TPSA) is 25.8 Å². The monoisotopic (exact) mass is 266 g/mol. The summed E-state index contributed by atoms with van der Waals surface area (Å²) in [6.07, 6.45) is 6.88. The minimum Gasteiger partial charge on any atom is -0.241 e. The average Bonchev–Trinajstić information content (AvgIpc) is 2.28. The molecule has 3 heteroatoms. The Labute approximate surface area is 115 Å². The summed E-state index contributed by atoms with van der Waals surface area (Å²) >= 11 is 6.10. The van der Waals surface area contributed by atoms with Gasteiger partial charge in [0.1, 0.15) is 5.82 Å². The quantitative estimate of drug-likeness (QED) is 0.721. The van der Waals surface area contributed by atoms with Gasteiger partial charge in [-0.2, -0.15) is 0 Å². The largest absolute Gasteiger partial charge is 0.241 e. The fraction of sp³-hybridized carbons (Fsp3) is 0.733. The number of hydrogen-bond donors (Lipinski definition) is 0. The van der Waals surface area contributed by atoms with Gasteiger partial charge in [-0.15, -0.1) is 11.6 Å². The summed E-state index contributed by atoms with van der Waals surface area (Å²) in [5.41, 5.74) is 2.58. The first-order valence-corrected chi connectivity index (χ1v) is 7.30. The van der Waals surface area contributed by atoms with E-state index in [9.17, 15) is 0 Å². The average molecular weight is 267 g/mol. The van der Waals surface area contributed by atoms with Crippen LogP contribution in [-0.2, 0) is 0 Å². The zero-order chi connectivity index (χ0) is 13.3. The molecule has 1 saturated carbocycles. The summed E-state index contributed by atoms with van der Waals surface area (Å²) in [7, 11) is 0. The van der Waals surface area contributed by atoms with Crippen molar-refractivity contribution in [1.82, 2.24) is 9.97 Å². The van der Waals surface area contributed by atoms with Crippen molar-refractivity contribution in [2.45, 2.75) is 64.7 Å². The molecule has 1 unspecified atom stereocenters. The molecule has 1 fully saturated rings. The second-order valence-corrected chi connectivity index (χ2v) is 6.98. The Morgan fingerprint density at radius 1 is 1.33 bits per heavy atom. The normalized spacial score (nSPS) is 21.8. The van der Waals surface area contributed by atoms with E-state index in [1.165, 1.54) is 25.7 Å². The Kier molecular flexibility index (Phi) is 3.96. The number of aryl methyl sites for hydroxylation is 1. The van der Waals surface area contributed by atoms with Crippen LogP contribution in [0.2, 0.25) is 0 Å². The maximum absolute atomic E-state index is 6.10. The van der Waals surface area contributed by atoms with E-state index in [0.29, 0.717) is 11.3 Å². The maximum Gasteiger partial charge on any atom is 0.131 e. The summed E-state index contributed by atoms with van der Waals surface area (Å²) in [4.78, 5) is 9.21. The Morgan fingerprint density at radius 2 is 1.94 bits per heavy atom. The fourth-order valence-corrected chi connectivity index (χ4v) is 2.95. The molecule has 1 atom stereocenters. The van der Waals surface area contributed by atoms with Crippen molar-refractivity contribution in [3.63, 3.8) is 0 Å². The van der Waals surface area contributed by atoms with Crippen molar-refractivity contribution in [2.24, 2.45) is 5.41 Å². The molecule has 18 heavy (non-hydrogen) atoms. The molecule has 1 aliphatic rings. The number of aromatic nitrogens is 2. The Hall–Kier alpha value is -0.630. The third-order valence-electron chi connectivity index (χ3n) is 4.17. The van der Waals surface area contributed by atoms with Crippen molar-refractivity contribution in [2.75, 3.05) is 0 Å². The SMILES string of the molecule is Cc1nc(C2CCC(C)(C)CC2)ncc1C(C)Cl. The first-order chi connectivity index (χ1) is 8.39. The van der Waals surface area contributed by atoms with Gasteiger partial charge in [-0.05, 0) is 44.9 Å². The molecule has 0 aliphatic heterocycles. The Morgan fingerprint density at radius 3 is 2.44 bits per heavy atom. The molecule has 100 valence electrons. The van der Waals surface area contributed by atoms with E-state index >= 15 is 0 Å². The number of nitrogens with zero attached hydrogens (tertiary/aromatic N) is 2. The highest BCUT2D eigenvalue weighted by molar-refractivity contribution is 6.20. The van der Waals surface area contributed by atoms with E-state index in [0.717, 1.165) is 17.1 Å². The number of alkyl halides is 1. The summed E-state index contributed by atoms with van der Waals surface area (Å²) in [6, 6.07) is 0. The minimum atomic E-state index is -0.00987. The minimum absolute atomic E-state index is 0.00987. The van der Waals surface area contributed by atoms with E-state index < -0.39 is 0 Å². The molecule has 1 aromatic rings. The van der Waals surface area contributed by atoms with Gasteiger partial charge in [-0.25, -0.2) is 9.97 Å². The summed E-state index contributed by atoms with van der Waals surface area (Å²) in [6.45, 7) is 8.71. The standard InChI is InChI=1S/C15H23ClN2/c1-10(16)13-9-17-14(18-11(13)2)12-5-7-15(3,4)8-6-12/h9-10,12H,5-8H2,1-4H3. The molecule has 1 heterocycles. The second-order valence-electron chi connectivity index (χ2n) is 6.32. The van der Waals surface area contributed by atoms with Crippen LogP contribution in [0.5, 0.6) is 0 Å². The zero-order valence-corrected chi connectivity index (χ0v) is 12.6. The maximum atomic E-state index is 6.10. The van der Waals surface area contributed by atoms with Gasteiger partial charge < -0.3 is 0 Å². The molecule has 2 rings (SSSR count). The van der Waals surface area contributed by atoms with Gasteiger partial charge in [-0.3, -0.25) is 0 Å². The lowest BCUT2D eigenvalue weighted by Gasteiger charge is -2.33. The predicted octanol–water partition coefficient (Wildman–Crippen LogP) is 4.77. The fourth-order valence-electron chi connectivity index (χ4n) is 2.74. The van der Waals surface area contributed by atoms with Gasteiger partial charge in [0, 0.05) is 23.4 Å². The van der Waals surface area contributed by atoms with Crippen molar-refractivity contribution < 1.29 is 0 Å². The Bertz CT molecular complexity index is 417. The van der Waals surface area contributed by atoms with E-state index in [1.807, 2.05) is 20.0 Å². The molecular formula is C15H23ClN2. The molecule has 0 saturated heterocycles. The molecule has 1 aliphatic carbocycles. The van der Waals surface area contributed by atoms with Crippen LogP contribution in [0, 0.1) is 12.3 Å². The van der Waals surface area contributed by atoms with Crippen LogP contribution in [0.4, 0.5) is 0 Å². The first-order valence-electron chi connectivity index (χ1n) is 6.86. The van der Waals surface area contributed by atoms with Gasteiger partial charge in [0.25, 0.3) is 0 Å². The molecule has 0 spiro atoms. The predicted molar refractivity (Wildman–Crippen MR) is 76.0 cm³/mol. The molecule has 0 N–H and O–H groups in total. The Balaban J connectivity index is 2.13. The van der Waals surface area contributed by atoms with Crippen LogP contribution in [0.25, 0.3) is 0 Å². The van der Waals surface area contributed by atoms with Crippen LogP contribution in [0.3, 0.4) is 0 Å². The molecule has 2 nitrogen and oxygen atoms in total. The molecule has 0 aromatic carbocycles. The van der Waals surface area contributed by atoms with Gasteiger partial charge >= 0.3 is 0 Å². The third kappa shape index (κ3) is 3.03. The summed E-state index contributed by atoms with van der Waals surface area (Å²) in [5, 5.41) is -0.00987. The second kappa shape index (κ2) is 5.16. The van der Waals surface area contributed by atoms with Crippen LogP contribution in [0.1, 0.15) is 74.8 Å². The highest BCUT2D eigenvalue weighted by Gasteiger charge is 2.29. The molecule has 0 radical (unpaired) electrons. The lowest BCUT2D eigenvalue weighted by atomic mass is 9.73. The van der Waals surface area contributed by atoms with Gasteiger partial charge in [0.05, 0.1) is 5.38 Å². The first kappa shape index (κ1) is 13.8. The van der Waals surface area contributed by atoms with Crippen molar-refractivity contribution >= 4 is 11.6 Å². The van der Waals surface area contributed by atoms with Gasteiger partial charge in [0.15, 0.2) is 0 Å². The van der Waals surface area contributed by atoms with Gasteiger partial charge in [0.2, 0.25) is 0 Å². The molecule has 1 aromatic heterocycles. The van der Waals surface area contributed by atoms with Crippen LogP contribution >= 0.6 is 11.6 Å². The lowest BCUT2D eigenvalue weighted by molar-refractivity contribution is 0.220. The van der Waals surface area contributed by atoms with Crippen LogP contribution < -0.4 is 0 Å². The summed E-state index contributed by atoms with van der Waals surface area (Å²) in [5.74, 6) is 1.56. The van der Waals surface area contributed by atoms with E-state index in [1.54, 1.807) is 0 Å². The molecule has 0 bridgehead atoms. The van der Waals surface area contributed by atoms with Crippen molar-refractivity contribution in [3.8, 4) is 0 Å². The van der Waals surface area contributed by atoms with Crippen LogP contribution in [0.15, 0.2) is 6.20 Å². The highest BCUT2D eigenvalue weighted by atomic mass is 35.5. The number of rotatable bonds is 2. The van der Waals surface area contributed by atoms with Gasteiger partial charge in [-0.1, -0.05) is 13.8 Å². The molecular weight excluding hydrogens is 244 g/mol. The van der Waals surface area contributed by atoms with E-state index in [2.05, 4.69) is 23.8 Å². The highest BCUT2D eigenvalue weighted by Crippen LogP contribution is 2.41. The van der Waals surface area contributed by atoms with E-state index in [-0.39, 0.29) is 5.38 Å². The number of hydrogen-bond acceptors (Lipinski definition) is 2. The number of halogens is 1. The van der Waals surface area contributed by atoms with Crippen molar-refractivity contribution in [3.05, 3.63) is 23.3 Å². The lowest BCUT2D eigenvalue weighted by Crippen LogP contribution is -2.21. The van der Waals surface area contributed by atoms with Crippen molar-refractivity contribution in [1.29, 1.82) is 0 Å². The van der Waals surface area contributed by atoms with E-state index in [4.69, 9.17) is 11.6 Å². The van der Waals surface area contributed by atoms with Crippen LogP contribution in [-0.4, -0.2) is 9.97 Å². The zero-order valence-electron chi connectivity index (χ0n) is 11.8.